The number of carbonyl (C=O) groups excluding carboxylic acids is 1. The first-order chi connectivity index (χ1) is 14.6. The predicted molar refractivity (Wildman–Crippen MR) is 112 cm³/mol. The van der Waals surface area contributed by atoms with Crippen molar-refractivity contribution in [2.24, 2.45) is 5.73 Å². The Bertz CT molecular complexity index is 1210. The largest absolute Gasteiger partial charge is 0.496 e. The molecule has 0 atom stereocenters. The maximum absolute atomic E-state index is 11.8. The summed E-state index contributed by atoms with van der Waals surface area (Å²) in [6.45, 7) is 2.43. The third-order valence-corrected chi connectivity index (χ3v) is 4.46. The van der Waals surface area contributed by atoms with Crippen molar-refractivity contribution in [3.8, 4) is 28.7 Å². The molecule has 2 heterocycles. The Morgan fingerprint density at radius 1 is 1.10 bits per heavy atom. The quantitative estimate of drug-likeness (QED) is 0.504. The van der Waals surface area contributed by atoms with E-state index in [1.54, 1.807) is 41.3 Å². The molecule has 0 bridgehead atoms. The van der Waals surface area contributed by atoms with Gasteiger partial charge in [0.2, 0.25) is 0 Å². The second-order valence-corrected chi connectivity index (χ2v) is 6.39. The van der Waals surface area contributed by atoms with Gasteiger partial charge in [-0.3, -0.25) is 9.78 Å². The van der Waals surface area contributed by atoms with Crippen LogP contribution in [0.3, 0.4) is 0 Å². The van der Waals surface area contributed by atoms with E-state index >= 15 is 0 Å². The lowest BCUT2D eigenvalue weighted by Gasteiger charge is -2.14. The number of pyridine rings is 1. The minimum Gasteiger partial charge on any atom is -0.496 e. The molecule has 4 aromatic rings. The Morgan fingerprint density at radius 3 is 2.63 bits per heavy atom. The highest BCUT2D eigenvalue weighted by atomic mass is 16.5. The fraction of sp³-hybridized carbons (Fsp3) is 0.136. The van der Waals surface area contributed by atoms with Crippen LogP contribution in [-0.4, -0.2) is 34.4 Å². The van der Waals surface area contributed by atoms with Crippen molar-refractivity contribution in [3.63, 3.8) is 0 Å². The molecule has 0 radical (unpaired) electrons. The monoisotopic (exact) mass is 404 g/mol. The summed E-state index contributed by atoms with van der Waals surface area (Å²) in [5.74, 6) is 1.49. The fourth-order valence-corrected chi connectivity index (χ4v) is 3.15. The zero-order valence-electron chi connectivity index (χ0n) is 16.5. The lowest BCUT2D eigenvalue weighted by molar-refractivity contribution is 0.0997. The summed E-state index contributed by atoms with van der Waals surface area (Å²) >= 11 is 0. The number of primary amides is 1. The Morgan fingerprint density at radius 2 is 1.93 bits per heavy atom. The van der Waals surface area contributed by atoms with Crippen molar-refractivity contribution >= 4 is 16.8 Å². The molecule has 1 amide bonds. The molecule has 152 valence electrons. The standard InChI is InChI=1S/C22H20N4O4/c1-3-29-15-9-14(26-8-4-6-25-26)10-16(11-15)30-20-5-7-24-19-13-21(28-2)18(22(23)27)12-17(19)20/h4-13H,3H2,1-2H3,(H2,23,27). The number of ether oxygens (including phenoxy) is 3. The molecule has 0 saturated carbocycles. The minimum absolute atomic E-state index is 0.253. The summed E-state index contributed by atoms with van der Waals surface area (Å²) in [6.07, 6.45) is 5.16. The van der Waals surface area contributed by atoms with Crippen LogP contribution in [0.1, 0.15) is 17.3 Å². The number of nitrogens with two attached hydrogens (primary N) is 1. The van der Waals surface area contributed by atoms with Gasteiger partial charge in [-0.1, -0.05) is 0 Å². The first-order valence-corrected chi connectivity index (χ1v) is 9.31. The highest BCUT2D eigenvalue weighted by Crippen LogP contribution is 2.35. The minimum atomic E-state index is -0.595. The zero-order valence-corrected chi connectivity index (χ0v) is 16.5. The molecule has 0 aliphatic heterocycles. The SMILES string of the molecule is CCOc1cc(Oc2ccnc3cc(OC)c(C(N)=O)cc23)cc(-n2cccn2)c1. The molecule has 0 aliphatic rings. The van der Waals surface area contributed by atoms with Crippen LogP contribution in [0.15, 0.2) is 61.1 Å². The third kappa shape index (κ3) is 3.75. The summed E-state index contributed by atoms with van der Waals surface area (Å²) in [7, 11) is 1.48. The topological polar surface area (TPSA) is 101 Å². The predicted octanol–water partition coefficient (Wildman–Crippen LogP) is 3.72. The van der Waals surface area contributed by atoms with Crippen molar-refractivity contribution in [2.45, 2.75) is 6.92 Å². The number of benzene rings is 2. The number of rotatable bonds is 7. The fourth-order valence-electron chi connectivity index (χ4n) is 3.15. The van der Waals surface area contributed by atoms with Crippen LogP contribution in [0.2, 0.25) is 0 Å². The summed E-state index contributed by atoms with van der Waals surface area (Å²) in [5.41, 5.74) is 7.16. The molecular formula is C22H20N4O4. The Hall–Kier alpha value is -4.07. The van der Waals surface area contributed by atoms with E-state index in [4.69, 9.17) is 19.9 Å². The third-order valence-electron chi connectivity index (χ3n) is 4.46. The van der Waals surface area contributed by atoms with E-state index in [1.165, 1.54) is 7.11 Å². The Kier molecular flexibility index (Phi) is 5.21. The van der Waals surface area contributed by atoms with Crippen molar-refractivity contribution < 1.29 is 19.0 Å². The highest BCUT2D eigenvalue weighted by molar-refractivity contribution is 6.01. The number of nitrogens with zero attached hydrogens (tertiary/aromatic N) is 3. The second-order valence-electron chi connectivity index (χ2n) is 6.39. The van der Waals surface area contributed by atoms with Gasteiger partial charge in [0.1, 0.15) is 23.0 Å². The first-order valence-electron chi connectivity index (χ1n) is 9.31. The smallest absolute Gasteiger partial charge is 0.252 e. The molecule has 8 nitrogen and oxygen atoms in total. The molecule has 30 heavy (non-hydrogen) atoms. The number of amides is 1. The molecular weight excluding hydrogens is 384 g/mol. The molecule has 2 aromatic heterocycles. The summed E-state index contributed by atoms with van der Waals surface area (Å²) in [4.78, 5) is 16.2. The normalized spacial score (nSPS) is 10.7. The summed E-state index contributed by atoms with van der Waals surface area (Å²) in [6, 6.07) is 12.4. The van der Waals surface area contributed by atoms with Crippen molar-refractivity contribution in [2.75, 3.05) is 13.7 Å². The molecule has 0 spiro atoms. The van der Waals surface area contributed by atoms with Gasteiger partial charge in [-0.25, -0.2) is 4.68 Å². The molecule has 0 aliphatic carbocycles. The molecule has 0 saturated heterocycles. The number of aromatic nitrogens is 3. The van der Waals surface area contributed by atoms with E-state index in [1.807, 2.05) is 31.3 Å². The first kappa shape index (κ1) is 19.3. The molecule has 8 heteroatoms. The van der Waals surface area contributed by atoms with E-state index in [0.29, 0.717) is 40.5 Å². The number of hydrogen-bond donors (Lipinski definition) is 1. The van der Waals surface area contributed by atoms with Gasteiger partial charge in [-0.2, -0.15) is 5.10 Å². The van der Waals surface area contributed by atoms with E-state index in [0.717, 1.165) is 5.69 Å². The molecule has 4 rings (SSSR count). The lowest BCUT2D eigenvalue weighted by Crippen LogP contribution is -2.12. The molecule has 2 N–H and O–H groups in total. The van der Waals surface area contributed by atoms with Gasteiger partial charge in [0.25, 0.3) is 5.91 Å². The zero-order chi connectivity index (χ0) is 21.1. The van der Waals surface area contributed by atoms with E-state index in [9.17, 15) is 4.79 Å². The Balaban J connectivity index is 1.80. The van der Waals surface area contributed by atoms with Gasteiger partial charge in [0, 0.05) is 48.2 Å². The summed E-state index contributed by atoms with van der Waals surface area (Å²) in [5, 5.41) is 4.90. The van der Waals surface area contributed by atoms with Gasteiger partial charge in [0.05, 0.1) is 30.5 Å². The van der Waals surface area contributed by atoms with Crippen LogP contribution >= 0.6 is 0 Å². The maximum Gasteiger partial charge on any atom is 0.252 e. The number of methoxy groups -OCH3 is 1. The number of fused-ring (bicyclic) bond motifs is 1. The van der Waals surface area contributed by atoms with E-state index in [-0.39, 0.29) is 5.56 Å². The van der Waals surface area contributed by atoms with Gasteiger partial charge >= 0.3 is 0 Å². The molecule has 0 unspecified atom stereocenters. The number of carbonyl (C=O) groups is 1. The van der Waals surface area contributed by atoms with Crippen molar-refractivity contribution in [1.29, 1.82) is 0 Å². The van der Waals surface area contributed by atoms with Gasteiger partial charge in [-0.15, -0.1) is 0 Å². The van der Waals surface area contributed by atoms with E-state index < -0.39 is 5.91 Å². The average Bonchev–Trinajstić information content (AvgIpc) is 3.28. The second kappa shape index (κ2) is 8.12. The number of hydrogen-bond acceptors (Lipinski definition) is 6. The van der Waals surface area contributed by atoms with Gasteiger partial charge in [-0.05, 0) is 25.1 Å². The van der Waals surface area contributed by atoms with Crippen LogP contribution in [0.5, 0.6) is 23.0 Å². The highest BCUT2D eigenvalue weighted by Gasteiger charge is 2.15. The molecule has 0 fully saturated rings. The maximum atomic E-state index is 11.8. The summed E-state index contributed by atoms with van der Waals surface area (Å²) < 4.78 is 18.8. The van der Waals surface area contributed by atoms with Crippen LogP contribution in [-0.2, 0) is 0 Å². The average molecular weight is 404 g/mol. The van der Waals surface area contributed by atoms with Crippen LogP contribution in [0.25, 0.3) is 16.6 Å². The van der Waals surface area contributed by atoms with Crippen molar-refractivity contribution in [3.05, 3.63) is 66.6 Å². The molecule has 2 aromatic carbocycles. The lowest BCUT2D eigenvalue weighted by atomic mass is 10.1. The Labute approximate surface area is 172 Å². The van der Waals surface area contributed by atoms with Crippen LogP contribution < -0.4 is 19.9 Å². The van der Waals surface area contributed by atoms with Crippen LogP contribution in [0.4, 0.5) is 0 Å². The van der Waals surface area contributed by atoms with Crippen molar-refractivity contribution in [1.82, 2.24) is 14.8 Å². The van der Waals surface area contributed by atoms with E-state index in [2.05, 4.69) is 10.1 Å². The van der Waals surface area contributed by atoms with Gasteiger partial charge in [0.15, 0.2) is 0 Å². The van der Waals surface area contributed by atoms with Crippen LogP contribution in [0, 0.1) is 0 Å². The van der Waals surface area contributed by atoms with Gasteiger partial charge < -0.3 is 19.9 Å².